The number of urea groups is 1. The highest BCUT2D eigenvalue weighted by Crippen LogP contribution is 2.37. The van der Waals surface area contributed by atoms with E-state index in [0.29, 0.717) is 23.0 Å². The number of halogens is 1. The molecular weight excluding hydrogens is 288 g/mol. The predicted molar refractivity (Wildman–Crippen MR) is 83.7 cm³/mol. The number of amides is 2. The van der Waals surface area contributed by atoms with Crippen LogP contribution in [-0.4, -0.2) is 37.2 Å². The highest BCUT2D eigenvalue weighted by molar-refractivity contribution is 6.30. The molecule has 1 saturated carbocycles. The van der Waals surface area contributed by atoms with Gasteiger partial charge in [-0.05, 0) is 37.0 Å². The molecule has 0 unspecified atom stereocenters. The van der Waals surface area contributed by atoms with Crippen LogP contribution in [0.2, 0.25) is 5.02 Å². The topological polar surface area (TPSA) is 41.6 Å². The van der Waals surface area contributed by atoms with Gasteiger partial charge in [-0.3, -0.25) is 0 Å². The van der Waals surface area contributed by atoms with E-state index in [0.717, 1.165) is 25.2 Å². The summed E-state index contributed by atoms with van der Waals surface area (Å²) < 4.78 is 5.59. The van der Waals surface area contributed by atoms with Crippen molar-refractivity contribution in [2.75, 3.05) is 25.5 Å². The largest absolute Gasteiger partial charge is 0.381 e. The fraction of sp³-hybridized carbons (Fsp3) is 0.562. The van der Waals surface area contributed by atoms with Crippen LogP contribution in [0.3, 0.4) is 0 Å². The molecule has 1 N–H and O–H groups in total. The summed E-state index contributed by atoms with van der Waals surface area (Å²) in [4.78, 5) is 14.3. The first-order valence-corrected chi connectivity index (χ1v) is 7.89. The molecule has 1 aliphatic heterocycles. The van der Waals surface area contributed by atoms with Crippen molar-refractivity contribution in [3.05, 3.63) is 29.3 Å². The molecule has 0 aromatic heterocycles. The van der Waals surface area contributed by atoms with Crippen LogP contribution in [0.4, 0.5) is 10.5 Å². The number of benzene rings is 1. The summed E-state index contributed by atoms with van der Waals surface area (Å²) in [5.74, 6) is 1.06. The summed E-state index contributed by atoms with van der Waals surface area (Å²) >= 11 is 5.94. The van der Waals surface area contributed by atoms with E-state index >= 15 is 0 Å². The average Bonchev–Trinajstić information content (AvgIpc) is 2.91. The fourth-order valence-electron chi connectivity index (χ4n) is 3.65. The lowest BCUT2D eigenvalue weighted by Gasteiger charge is -2.31. The van der Waals surface area contributed by atoms with Crippen molar-refractivity contribution in [2.24, 2.45) is 11.8 Å². The van der Waals surface area contributed by atoms with Crippen molar-refractivity contribution in [2.45, 2.75) is 25.4 Å². The highest BCUT2D eigenvalue weighted by atomic mass is 35.5. The molecule has 2 amide bonds. The molecule has 3 rings (SSSR count). The molecule has 21 heavy (non-hydrogen) atoms. The van der Waals surface area contributed by atoms with Gasteiger partial charge in [0.1, 0.15) is 0 Å². The number of fused-ring (bicyclic) bond motifs is 1. The van der Waals surface area contributed by atoms with Crippen LogP contribution < -0.4 is 5.32 Å². The Kier molecular flexibility index (Phi) is 4.36. The summed E-state index contributed by atoms with van der Waals surface area (Å²) in [6, 6.07) is 7.21. The molecule has 0 bridgehead atoms. The second kappa shape index (κ2) is 6.24. The summed E-state index contributed by atoms with van der Waals surface area (Å²) in [7, 11) is 1.78. The van der Waals surface area contributed by atoms with Crippen molar-refractivity contribution in [1.82, 2.24) is 4.90 Å². The number of hydrogen-bond donors (Lipinski definition) is 1. The number of ether oxygens (including phenoxy) is 1. The van der Waals surface area contributed by atoms with Gasteiger partial charge in [0.05, 0.1) is 6.10 Å². The zero-order valence-corrected chi connectivity index (χ0v) is 13.0. The van der Waals surface area contributed by atoms with E-state index in [-0.39, 0.29) is 6.03 Å². The Morgan fingerprint density at radius 2 is 2.24 bits per heavy atom. The van der Waals surface area contributed by atoms with Crippen LogP contribution in [0.5, 0.6) is 0 Å². The number of carbonyl (C=O) groups excluding carboxylic acids is 1. The van der Waals surface area contributed by atoms with Crippen molar-refractivity contribution < 1.29 is 9.53 Å². The first kappa shape index (κ1) is 14.7. The number of nitrogens with one attached hydrogen (secondary N) is 1. The summed E-state index contributed by atoms with van der Waals surface area (Å²) in [6.45, 7) is 1.62. The van der Waals surface area contributed by atoms with Crippen LogP contribution in [0.25, 0.3) is 0 Å². The monoisotopic (exact) mass is 308 g/mol. The molecule has 1 saturated heterocycles. The zero-order chi connectivity index (χ0) is 14.8. The zero-order valence-electron chi connectivity index (χ0n) is 12.2. The Morgan fingerprint density at radius 3 is 3.00 bits per heavy atom. The molecule has 5 heteroatoms. The molecule has 1 aromatic carbocycles. The number of hydrogen-bond acceptors (Lipinski definition) is 2. The molecule has 1 heterocycles. The van der Waals surface area contributed by atoms with Crippen LogP contribution in [0.15, 0.2) is 24.3 Å². The van der Waals surface area contributed by atoms with Crippen molar-refractivity contribution in [3.8, 4) is 0 Å². The lowest BCUT2D eigenvalue weighted by molar-refractivity contribution is 0.0130. The molecule has 4 nitrogen and oxygen atoms in total. The molecule has 0 radical (unpaired) electrons. The Morgan fingerprint density at radius 1 is 1.38 bits per heavy atom. The van der Waals surface area contributed by atoms with Gasteiger partial charge in [0.15, 0.2) is 0 Å². The maximum absolute atomic E-state index is 12.4. The lowest BCUT2D eigenvalue weighted by atomic mass is 9.79. The number of likely N-dealkylation sites (tertiary alicyclic amines) is 1. The van der Waals surface area contributed by atoms with Gasteiger partial charge >= 0.3 is 6.03 Å². The van der Waals surface area contributed by atoms with Gasteiger partial charge in [0, 0.05) is 36.8 Å². The van der Waals surface area contributed by atoms with E-state index in [2.05, 4.69) is 5.32 Å². The minimum absolute atomic E-state index is 0.0403. The second-order valence-electron chi connectivity index (χ2n) is 5.97. The Balaban J connectivity index is 1.64. The first-order chi connectivity index (χ1) is 10.2. The van der Waals surface area contributed by atoms with Gasteiger partial charge in [-0.2, -0.15) is 0 Å². The molecule has 1 aromatic rings. The number of rotatable bonds is 2. The Labute approximate surface area is 130 Å². The van der Waals surface area contributed by atoms with Gasteiger partial charge in [-0.25, -0.2) is 4.79 Å². The minimum Gasteiger partial charge on any atom is -0.381 e. The summed E-state index contributed by atoms with van der Waals surface area (Å²) in [6.07, 6.45) is 3.81. The smallest absolute Gasteiger partial charge is 0.321 e. The summed E-state index contributed by atoms with van der Waals surface area (Å²) in [5.41, 5.74) is 0.741. The summed E-state index contributed by atoms with van der Waals surface area (Å²) in [5, 5.41) is 3.56. The van der Waals surface area contributed by atoms with Gasteiger partial charge in [-0.1, -0.05) is 24.1 Å². The maximum atomic E-state index is 12.4. The highest BCUT2D eigenvalue weighted by Gasteiger charge is 2.41. The molecule has 114 valence electrons. The van der Waals surface area contributed by atoms with Gasteiger partial charge in [0.2, 0.25) is 0 Å². The van der Waals surface area contributed by atoms with Gasteiger partial charge in [-0.15, -0.1) is 0 Å². The third kappa shape index (κ3) is 3.16. The first-order valence-electron chi connectivity index (χ1n) is 7.51. The number of carbonyl (C=O) groups is 1. The third-order valence-electron chi connectivity index (χ3n) is 4.70. The molecule has 2 aliphatic rings. The number of methoxy groups -OCH3 is 1. The average molecular weight is 309 g/mol. The van der Waals surface area contributed by atoms with Gasteiger partial charge < -0.3 is 15.0 Å². The molecule has 0 spiro atoms. The van der Waals surface area contributed by atoms with E-state index in [1.165, 1.54) is 12.8 Å². The third-order valence-corrected chi connectivity index (χ3v) is 4.93. The Bertz CT molecular complexity index is 523. The van der Waals surface area contributed by atoms with Crippen molar-refractivity contribution in [3.63, 3.8) is 0 Å². The molecular formula is C16H21ClN2O2. The standard InChI is InChI=1S/C16H21ClN2O2/c1-21-15-7-2-4-11-9-19(10-14(11)15)16(20)18-13-6-3-5-12(17)8-13/h3,5-6,8,11,14-15H,2,4,7,9-10H2,1H3,(H,18,20)/t11-,14+,15-/m1/s1. The van der Waals surface area contributed by atoms with E-state index in [1.807, 2.05) is 17.0 Å². The molecule has 2 fully saturated rings. The second-order valence-corrected chi connectivity index (χ2v) is 6.41. The van der Waals surface area contributed by atoms with Crippen LogP contribution >= 0.6 is 11.6 Å². The maximum Gasteiger partial charge on any atom is 0.321 e. The minimum atomic E-state index is -0.0403. The quantitative estimate of drug-likeness (QED) is 0.906. The fourth-order valence-corrected chi connectivity index (χ4v) is 3.84. The number of nitrogens with zero attached hydrogens (tertiary/aromatic N) is 1. The SMILES string of the molecule is CO[C@@H]1CCC[C@@H]2CN(C(=O)Nc3cccc(Cl)c3)C[C@@H]21. The lowest BCUT2D eigenvalue weighted by Crippen LogP contribution is -2.35. The van der Waals surface area contributed by atoms with E-state index in [4.69, 9.17) is 16.3 Å². The van der Waals surface area contributed by atoms with Crippen LogP contribution in [-0.2, 0) is 4.74 Å². The van der Waals surface area contributed by atoms with Crippen molar-refractivity contribution >= 4 is 23.3 Å². The van der Waals surface area contributed by atoms with Crippen LogP contribution in [0, 0.1) is 11.8 Å². The molecule has 1 aliphatic carbocycles. The Hall–Kier alpha value is -1.26. The van der Waals surface area contributed by atoms with Crippen molar-refractivity contribution in [1.29, 1.82) is 0 Å². The van der Waals surface area contributed by atoms with Gasteiger partial charge in [0.25, 0.3) is 0 Å². The predicted octanol–water partition coefficient (Wildman–Crippen LogP) is 3.62. The number of anilines is 1. The van der Waals surface area contributed by atoms with E-state index < -0.39 is 0 Å². The van der Waals surface area contributed by atoms with Crippen LogP contribution in [0.1, 0.15) is 19.3 Å². The van der Waals surface area contributed by atoms with E-state index in [1.54, 1.807) is 19.2 Å². The van der Waals surface area contributed by atoms with E-state index in [9.17, 15) is 4.79 Å². The normalized spacial score (nSPS) is 28.3. The molecule has 3 atom stereocenters.